The Morgan fingerprint density at radius 2 is 2.28 bits per heavy atom. The van der Waals surface area contributed by atoms with Crippen LogP contribution in [0.5, 0.6) is 5.75 Å². The molecule has 1 rings (SSSR count). The molecule has 6 nitrogen and oxygen atoms in total. The predicted molar refractivity (Wildman–Crippen MR) is 66.9 cm³/mol. The van der Waals surface area contributed by atoms with Gasteiger partial charge in [0.2, 0.25) is 0 Å². The predicted octanol–water partition coefficient (Wildman–Crippen LogP) is 2.15. The topological polar surface area (TPSA) is 81.5 Å². The summed E-state index contributed by atoms with van der Waals surface area (Å²) in [7, 11) is 0. The van der Waals surface area contributed by atoms with E-state index in [1.165, 1.54) is 18.2 Å². The molecule has 0 aliphatic carbocycles. The minimum atomic E-state index is -0.606. The Bertz CT molecular complexity index is 451. The van der Waals surface area contributed by atoms with Gasteiger partial charge in [0.25, 0.3) is 5.91 Å². The molecule has 0 saturated heterocycles. The van der Waals surface area contributed by atoms with Crippen molar-refractivity contribution in [3.05, 3.63) is 33.3 Å². The lowest BCUT2D eigenvalue weighted by Crippen LogP contribution is -2.29. The van der Waals surface area contributed by atoms with Crippen molar-refractivity contribution in [2.75, 3.05) is 13.2 Å². The summed E-state index contributed by atoms with van der Waals surface area (Å²) < 4.78 is 5.10. The first kappa shape index (κ1) is 14.2. The molecule has 0 unspecified atom stereocenters. The van der Waals surface area contributed by atoms with E-state index in [1.807, 2.05) is 6.92 Å². The molecular formula is C11H13ClN2O4. The summed E-state index contributed by atoms with van der Waals surface area (Å²) in [4.78, 5) is 21.4. The van der Waals surface area contributed by atoms with E-state index in [9.17, 15) is 14.9 Å². The van der Waals surface area contributed by atoms with Crippen molar-refractivity contribution in [3.8, 4) is 5.75 Å². The molecule has 7 heteroatoms. The van der Waals surface area contributed by atoms with Crippen LogP contribution in [0.15, 0.2) is 18.2 Å². The van der Waals surface area contributed by atoms with Gasteiger partial charge < -0.3 is 10.1 Å². The van der Waals surface area contributed by atoms with Crippen LogP contribution in [0.25, 0.3) is 0 Å². The van der Waals surface area contributed by atoms with E-state index in [2.05, 4.69) is 5.32 Å². The average molecular weight is 273 g/mol. The summed E-state index contributed by atoms with van der Waals surface area (Å²) in [5.74, 6) is -0.294. The van der Waals surface area contributed by atoms with Gasteiger partial charge in [-0.25, -0.2) is 0 Å². The second-order valence-corrected chi connectivity index (χ2v) is 3.94. The van der Waals surface area contributed by atoms with Gasteiger partial charge >= 0.3 is 5.69 Å². The van der Waals surface area contributed by atoms with Crippen molar-refractivity contribution in [1.82, 2.24) is 5.32 Å². The van der Waals surface area contributed by atoms with E-state index in [1.54, 1.807) is 0 Å². The molecule has 1 N–H and O–H groups in total. The Morgan fingerprint density at radius 3 is 2.89 bits per heavy atom. The number of amides is 1. The fraction of sp³-hybridized carbons (Fsp3) is 0.364. The number of hydrogen-bond acceptors (Lipinski definition) is 4. The zero-order chi connectivity index (χ0) is 13.5. The number of halogens is 1. The zero-order valence-corrected chi connectivity index (χ0v) is 10.6. The van der Waals surface area contributed by atoms with Crippen molar-refractivity contribution in [3.63, 3.8) is 0 Å². The lowest BCUT2D eigenvalue weighted by atomic mass is 10.3. The first-order valence-electron chi connectivity index (χ1n) is 5.38. The first-order valence-corrected chi connectivity index (χ1v) is 5.75. The molecule has 0 aliphatic rings. The quantitative estimate of drug-likeness (QED) is 0.635. The maximum absolute atomic E-state index is 11.3. The maximum atomic E-state index is 11.3. The summed E-state index contributed by atoms with van der Waals surface area (Å²) in [6.07, 6.45) is 0.812. The SMILES string of the molecule is CCCNC(=O)COc1ccc(Cl)cc1[N+](=O)[O-]. The molecule has 0 aliphatic heterocycles. The van der Waals surface area contributed by atoms with Gasteiger partial charge in [-0.1, -0.05) is 18.5 Å². The Kier molecular flexibility index (Phi) is 5.38. The van der Waals surface area contributed by atoms with E-state index in [0.717, 1.165) is 6.42 Å². The van der Waals surface area contributed by atoms with Gasteiger partial charge in [-0.3, -0.25) is 14.9 Å². The molecule has 18 heavy (non-hydrogen) atoms. The van der Waals surface area contributed by atoms with Crippen LogP contribution >= 0.6 is 11.6 Å². The second kappa shape index (κ2) is 6.80. The van der Waals surface area contributed by atoms with Gasteiger partial charge in [0.05, 0.1) is 4.92 Å². The summed E-state index contributed by atoms with van der Waals surface area (Å²) in [5, 5.41) is 13.6. The van der Waals surface area contributed by atoms with E-state index in [-0.39, 0.29) is 29.0 Å². The van der Waals surface area contributed by atoms with Crippen LogP contribution in [0.2, 0.25) is 5.02 Å². The van der Waals surface area contributed by atoms with Crippen molar-refractivity contribution < 1.29 is 14.5 Å². The molecule has 0 aromatic heterocycles. The highest BCUT2D eigenvalue weighted by Gasteiger charge is 2.16. The highest BCUT2D eigenvalue weighted by Crippen LogP contribution is 2.29. The third-order valence-corrected chi connectivity index (χ3v) is 2.28. The molecule has 1 amide bonds. The van der Waals surface area contributed by atoms with E-state index < -0.39 is 4.92 Å². The Hall–Kier alpha value is -1.82. The number of nitro benzene ring substituents is 1. The van der Waals surface area contributed by atoms with E-state index >= 15 is 0 Å². The fourth-order valence-electron chi connectivity index (χ4n) is 1.21. The van der Waals surface area contributed by atoms with Crippen LogP contribution in [-0.4, -0.2) is 24.0 Å². The fourth-order valence-corrected chi connectivity index (χ4v) is 1.38. The molecule has 0 saturated carbocycles. The number of ether oxygens (including phenoxy) is 1. The molecule has 0 spiro atoms. The normalized spacial score (nSPS) is 9.89. The van der Waals surface area contributed by atoms with Crippen LogP contribution < -0.4 is 10.1 Å². The number of nitrogens with one attached hydrogen (secondary N) is 1. The number of rotatable bonds is 6. The Labute approximate surface area is 109 Å². The molecule has 98 valence electrons. The van der Waals surface area contributed by atoms with Gasteiger partial charge in [0.1, 0.15) is 0 Å². The van der Waals surface area contributed by atoms with Gasteiger partial charge in [-0.15, -0.1) is 0 Å². The molecule has 0 fully saturated rings. The standard InChI is InChI=1S/C11H13ClN2O4/c1-2-5-13-11(15)7-18-10-4-3-8(12)6-9(10)14(16)17/h3-4,6H,2,5,7H2,1H3,(H,13,15). The largest absolute Gasteiger partial charge is 0.477 e. The molecule has 0 heterocycles. The van der Waals surface area contributed by atoms with Crippen LogP contribution in [0.3, 0.4) is 0 Å². The van der Waals surface area contributed by atoms with Crippen molar-refractivity contribution >= 4 is 23.2 Å². The number of benzene rings is 1. The lowest BCUT2D eigenvalue weighted by molar-refractivity contribution is -0.385. The van der Waals surface area contributed by atoms with Crippen molar-refractivity contribution in [2.24, 2.45) is 0 Å². The first-order chi connectivity index (χ1) is 8.54. The van der Waals surface area contributed by atoms with Crippen LogP contribution in [0.4, 0.5) is 5.69 Å². The highest BCUT2D eigenvalue weighted by molar-refractivity contribution is 6.30. The summed E-state index contributed by atoms with van der Waals surface area (Å²) in [6.45, 7) is 2.21. The second-order valence-electron chi connectivity index (χ2n) is 3.51. The molecule has 1 aromatic rings. The molecule has 0 bridgehead atoms. The lowest BCUT2D eigenvalue weighted by Gasteiger charge is -2.07. The summed E-state index contributed by atoms with van der Waals surface area (Å²) in [5.41, 5.74) is -0.259. The smallest absolute Gasteiger partial charge is 0.312 e. The zero-order valence-electron chi connectivity index (χ0n) is 9.81. The molecule has 0 radical (unpaired) electrons. The molecule has 1 aromatic carbocycles. The van der Waals surface area contributed by atoms with Crippen LogP contribution in [0, 0.1) is 10.1 Å². The molecule has 0 atom stereocenters. The van der Waals surface area contributed by atoms with E-state index in [0.29, 0.717) is 6.54 Å². The van der Waals surface area contributed by atoms with Crippen molar-refractivity contribution in [1.29, 1.82) is 0 Å². The third-order valence-electron chi connectivity index (χ3n) is 2.05. The number of nitrogens with zero attached hydrogens (tertiary/aromatic N) is 1. The minimum absolute atomic E-state index is 0.0241. The van der Waals surface area contributed by atoms with E-state index in [4.69, 9.17) is 16.3 Å². The highest BCUT2D eigenvalue weighted by atomic mass is 35.5. The number of hydrogen-bond donors (Lipinski definition) is 1. The summed E-state index contributed by atoms with van der Waals surface area (Å²) in [6, 6.07) is 4.02. The van der Waals surface area contributed by atoms with Gasteiger partial charge in [-0.05, 0) is 18.6 Å². The number of nitro groups is 1. The maximum Gasteiger partial charge on any atom is 0.312 e. The minimum Gasteiger partial charge on any atom is -0.477 e. The molecular weight excluding hydrogens is 260 g/mol. The number of carbonyl (C=O) groups excluding carboxylic acids is 1. The van der Waals surface area contributed by atoms with Crippen LogP contribution in [0.1, 0.15) is 13.3 Å². The van der Waals surface area contributed by atoms with Gasteiger partial charge in [-0.2, -0.15) is 0 Å². The number of carbonyl (C=O) groups is 1. The van der Waals surface area contributed by atoms with Gasteiger partial charge in [0, 0.05) is 17.6 Å². The summed E-state index contributed by atoms with van der Waals surface area (Å²) >= 11 is 5.65. The Morgan fingerprint density at radius 1 is 1.56 bits per heavy atom. The van der Waals surface area contributed by atoms with Crippen LogP contribution in [-0.2, 0) is 4.79 Å². The van der Waals surface area contributed by atoms with Crippen molar-refractivity contribution in [2.45, 2.75) is 13.3 Å². The average Bonchev–Trinajstić information content (AvgIpc) is 2.34. The monoisotopic (exact) mass is 272 g/mol. The van der Waals surface area contributed by atoms with Gasteiger partial charge in [0.15, 0.2) is 12.4 Å². The third kappa shape index (κ3) is 4.21. The Balaban J connectivity index is 2.67.